The topological polar surface area (TPSA) is 38.0 Å². The van der Waals surface area contributed by atoms with Gasteiger partial charge >= 0.3 is 0 Å². The molecule has 0 spiro atoms. The van der Waals surface area contributed by atoms with Gasteiger partial charge in [-0.3, -0.25) is 0 Å². The molecule has 1 aromatic rings. The van der Waals surface area contributed by atoms with Gasteiger partial charge in [-0.05, 0) is 24.6 Å². The Morgan fingerprint density at radius 2 is 2.00 bits per heavy atom. The van der Waals surface area contributed by atoms with Crippen LogP contribution in [0.4, 0.5) is 4.39 Å². The largest absolute Gasteiger partial charge is 0.329 e. The standard InChI is InChI=1S/C10H15FN2/c1-8(6-12)13-7-9-2-4-10(11)5-3-9/h2-5,8,13H,6-7,12H2,1H3/t8-/m0/s1. The summed E-state index contributed by atoms with van der Waals surface area (Å²) in [6, 6.07) is 6.76. The Kier molecular flexibility index (Phi) is 3.86. The molecule has 0 aliphatic heterocycles. The van der Waals surface area contributed by atoms with Crippen molar-refractivity contribution in [2.75, 3.05) is 6.54 Å². The molecular weight excluding hydrogens is 167 g/mol. The summed E-state index contributed by atoms with van der Waals surface area (Å²) in [7, 11) is 0. The van der Waals surface area contributed by atoms with Crippen LogP contribution >= 0.6 is 0 Å². The minimum Gasteiger partial charge on any atom is -0.329 e. The van der Waals surface area contributed by atoms with Crippen LogP contribution in [0.25, 0.3) is 0 Å². The molecule has 0 saturated carbocycles. The first-order valence-electron chi connectivity index (χ1n) is 4.40. The minimum atomic E-state index is -0.198. The van der Waals surface area contributed by atoms with Gasteiger partial charge in [-0.2, -0.15) is 0 Å². The molecule has 1 atom stereocenters. The Hall–Kier alpha value is -0.930. The van der Waals surface area contributed by atoms with E-state index in [1.54, 1.807) is 12.1 Å². The first-order chi connectivity index (χ1) is 6.22. The summed E-state index contributed by atoms with van der Waals surface area (Å²) in [6.07, 6.45) is 0. The third-order valence-electron chi connectivity index (χ3n) is 1.92. The van der Waals surface area contributed by atoms with Gasteiger partial charge in [-0.25, -0.2) is 4.39 Å². The number of rotatable bonds is 4. The quantitative estimate of drug-likeness (QED) is 0.735. The molecule has 72 valence electrons. The van der Waals surface area contributed by atoms with Crippen molar-refractivity contribution in [2.45, 2.75) is 19.5 Å². The summed E-state index contributed by atoms with van der Waals surface area (Å²) in [5, 5.41) is 3.22. The molecule has 1 rings (SSSR count). The fourth-order valence-electron chi connectivity index (χ4n) is 0.978. The lowest BCUT2D eigenvalue weighted by atomic mass is 10.2. The van der Waals surface area contributed by atoms with Gasteiger partial charge < -0.3 is 11.1 Å². The molecular formula is C10H15FN2. The smallest absolute Gasteiger partial charge is 0.123 e. The molecule has 2 nitrogen and oxygen atoms in total. The summed E-state index contributed by atoms with van der Waals surface area (Å²) in [5.41, 5.74) is 6.51. The third kappa shape index (κ3) is 3.53. The van der Waals surface area contributed by atoms with Crippen LogP contribution in [-0.4, -0.2) is 12.6 Å². The molecule has 3 N–H and O–H groups in total. The summed E-state index contributed by atoms with van der Waals surface area (Å²) >= 11 is 0. The maximum atomic E-state index is 12.5. The Labute approximate surface area is 77.9 Å². The summed E-state index contributed by atoms with van der Waals surface area (Å²) in [6.45, 7) is 3.36. The van der Waals surface area contributed by atoms with Crippen LogP contribution < -0.4 is 11.1 Å². The van der Waals surface area contributed by atoms with Gasteiger partial charge in [-0.15, -0.1) is 0 Å². The third-order valence-corrected chi connectivity index (χ3v) is 1.92. The Morgan fingerprint density at radius 3 is 2.54 bits per heavy atom. The molecule has 0 aliphatic carbocycles. The molecule has 1 aromatic carbocycles. The van der Waals surface area contributed by atoms with E-state index in [1.807, 2.05) is 6.92 Å². The molecule has 0 amide bonds. The number of nitrogens with two attached hydrogens (primary N) is 1. The molecule has 0 heterocycles. The van der Waals surface area contributed by atoms with E-state index < -0.39 is 0 Å². The van der Waals surface area contributed by atoms with Crippen molar-refractivity contribution in [1.29, 1.82) is 0 Å². The lowest BCUT2D eigenvalue weighted by Gasteiger charge is -2.10. The fourth-order valence-corrected chi connectivity index (χ4v) is 0.978. The van der Waals surface area contributed by atoms with Crippen LogP contribution in [0.15, 0.2) is 24.3 Å². The van der Waals surface area contributed by atoms with Crippen LogP contribution in [0.2, 0.25) is 0 Å². The van der Waals surface area contributed by atoms with E-state index in [0.717, 1.165) is 12.1 Å². The van der Waals surface area contributed by atoms with Crippen molar-refractivity contribution in [2.24, 2.45) is 5.73 Å². The summed E-state index contributed by atoms with van der Waals surface area (Å²) in [4.78, 5) is 0. The zero-order valence-electron chi connectivity index (χ0n) is 7.76. The molecule has 0 aliphatic rings. The number of hydrogen-bond acceptors (Lipinski definition) is 2. The van der Waals surface area contributed by atoms with E-state index in [-0.39, 0.29) is 5.82 Å². The van der Waals surface area contributed by atoms with E-state index in [0.29, 0.717) is 12.6 Å². The van der Waals surface area contributed by atoms with Crippen molar-refractivity contribution in [1.82, 2.24) is 5.32 Å². The van der Waals surface area contributed by atoms with Gasteiger partial charge in [0.25, 0.3) is 0 Å². The number of nitrogens with one attached hydrogen (secondary N) is 1. The SMILES string of the molecule is C[C@@H](CN)NCc1ccc(F)cc1. The molecule has 0 bridgehead atoms. The van der Waals surface area contributed by atoms with Gasteiger partial charge in [0.2, 0.25) is 0 Å². The molecule has 0 radical (unpaired) electrons. The Bertz CT molecular complexity index is 246. The maximum absolute atomic E-state index is 12.5. The van der Waals surface area contributed by atoms with Gasteiger partial charge in [-0.1, -0.05) is 12.1 Å². The molecule has 3 heteroatoms. The van der Waals surface area contributed by atoms with Gasteiger partial charge in [0.1, 0.15) is 5.82 Å². The van der Waals surface area contributed by atoms with E-state index in [4.69, 9.17) is 5.73 Å². The second-order valence-electron chi connectivity index (χ2n) is 3.14. The number of benzene rings is 1. The van der Waals surface area contributed by atoms with Crippen molar-refractivity contribution in [3.05, 3.63) is 35.6 Å². The lowest BCUT2D eigenvalue weighted by Crippen LogP contribution is -2.32. The lowest BCUT2D eigenvalue weighted by molar-refractivity contribution is 0.555. The molecule has 0 unspecified atom stereocenters. The highest BCUT2D eigenvalue weighted by molar-refractivity contribution is 5.15. The predicted molar refractivity (Wildman–Crippen MR) is 51.8 cm³/mol. The second-order valence-corrected chi connectivity index (χ2v) is 3.14. The zero-order valence-corrected chi connectivity index (χ0v) is 7.76. The highest BCUT2D eigenvalue weighted by atomic mass is 19.1. The summed E-state index contributed by atoms with van der Waals surface area (Å²) in [5.74, 6) is -0.198. The van der Waals surface area contributed by atoms with E-state index in [1.165, 1.54) is 12.1 Å². The first kappa shape index (κ1) is 10.2. The monoisotopic (exact) mass is 182 g/mol. The predicted octanol–water partition coefficient (Wildman–Crippen LogP) is 1.26. The Morgan fingerprint density at radius 1 is 1.38 bits per heavy atom. The van der Waals surface area contributed by atoms with Crippen LogP contribution in [0.1, 0.15) is 12.5 Å². The Balaban J connectivity index is 2.41. The highest BCUT2D eigenvalue weighted by Gasteiger charge is 1.98. The maximum Gasteiger partial charge on any atom is 0.123 e. The van der Waals surface area contributed by atoms with Crippen molar-refractivity contribution >= 4 is 0 Å². The van der Waals surface area contributed by atoms with E-state index in [2.05, 4.69) is 5.32 Å². The van der Waals surface area contributed by atoms with Crippen molar-refractivity contribution < 1.29 is 4.39 Å². The number of halogens is 1. The van der Waals surface area contributed by atoms with Gasteiger partial charge in [0.15, 0.2) is 0 Å². The molecule has 0 saturated heterocycles. The van der Waals surface area contributed by atoms with Crippen LogP contribution in [0.5, 0.6) is 0 Å². The average molecular weight is 182 g/mol. The minimum absolute atomic E-state index is 0.198. The van der Waals surface area contributed by atoms with E-state index in [9.17, 15) is 4.39 Å². The van der Waals surface area contributed by atoms with Gasteiger partial charge in [0, 0.05) is 19.1 Å². The zero-order chi connectivity index (χ0) is 9.68. The average Bonchev–Trinajstić information content (AvgIpc) is 2.16. The summed E-state index contributed by atoms with van der Waals surface area (Å²) < 4.78 is 12.5. The normalized spacial score (nSPS) is 12.8. The highest BCUT2D eigenvalue weighted by Crippen LogP contribution is 2.02. The van der Waals surface area contributed by atoms with Crippen LogP contribution in [0.3, 0.4) is 0 Å². The van der Waals surface area contributed by atoms with Crippen LogP contribution in [0, 0.1) is 5.82 Å². The first-order valence-corrected chi connectivity index (χ1v) is 4.40. The second kappa shape index (κ2) is 4.94. The fraction of sp³-hybridized carbons (Fsp3) is 0.400. The van der Waals surface area contributed by atoms with Gasteiger partial charge in [0.05, 0.1) is 0 Å². The van der Waals surface area contributed by atoms with Crippen molar-refractivity contribution in [3.8, 4) is 0 Å². The van der Waals surface area contributed by atoms with E-state index >= 15 is 0 Å². The molecule has 13 heavy (non-hydrogen) atoms. The molecule has 0 fully saturated rings. The number of hydrogen-bond donors (Lipinski definition) is 2. The van der Waals surface area contributed by atoms with Crippen LogP contribution in [-0.2, 0) is 6.54 Å². The van der Waals surface area contributed by atoms with Crippen molar-refractivity contribution in [3.63, 3.8) is 0 Å². The molecule has 0 aromatic heterocycles.